The number of benzene rings is 1. The van der Waals surface area contributed by atoms with Crippen molar-refractivity contribution in [2.75, 3.05) is 32.7 Å². The molecule has 0 aromatic heterocycles. The van der Waals surface area contributed by atoms with E-state index >= 15 is 0 Å². The second kappa shape index (κ2) is 10.6. The van der Waals surface area contributed by atoms with Crippen molar-refractivity contribution in [3.05, 3.63) is 41.4 Å². The quantitative estimate of drug-likeness (QED) is 0.661. The monoisotopic (exact) mass is 417 g/mol. The number of halogens is 1. The Kier molecular flexibility index (Phi) is 7.85. The fourth-order valence-electron chi connectivity index (χ4n) is 4.18. The van der Waals surface area contributed by atoms with E-state index in [1.807, 2.05) is 0 Å². The molecule has 1 heterocycles. The van der Waals surface area contributed by atoms with Crippen molar-refractivity contribution in [2.45, 2.75) is 51.7 Å². The average molecular weight is 418 g/mol. The Labute approximate surface area is 178 Å². The van der Waals surface area contributed by atoms with E-state index in [4.69, 9.17) is 4.74 Å². The third-order valence-electron chi connectivity index (χ3n) is 5.94. The highest BCUT2D eigenvalue weighted by Gasteiger charge is 2.42. The minimum Gasteiger partial charge on any atom is -0.482 e. The topological polar surface area (TPSA) is 61.9 Å². The van der Waals surface area contributed by atoms with Crippen molar-refractivity contribution in [2.24, 2.45) is 0 Å². The zero-order chi connectivity index (χ0) is 21.5. The number of amides is 2. The summed E-state index contributed by atoms with van der Waals surface area (Å²) < 4.78 is 19.2. The minimum atomic E-state index is -0.330. The smallest absolute Gasteiger partial charge is 0.289 e. The van der Waals surface area contributed by atoms with Crippen LogP contribution in [-0.2, 0) is 14.3 Å². The first-order valence-corrected chi connectivity index (χ1v) is 11.0. The van der Waals surface area contributed by atoms with Gasteiger partial charge in [0.15, 0.2) is 5.76 Å². The zero-order valence-electron chi connectivity index (χ0n) is 17.9. The van der Waals surface area contributed by atoms with Crippen molar-refractivity contribution in [3.63, 3.8) is 0 Å². The molecule has 1 N–H and O–H groups in total. The molecular weight excluding hydrogens is 385 g/mol. The van der Waals surface area contributed by atoms with Crippen LogP contribution in [0, 0.1) is 5.82 Å². The number of nitrogens with one attached hydrogen (secondary N) is 1. The summed E-state index contributed by atoms with van der Waals surface area (Å²) in [7, 11) is 0. The lowest BCUT2D eigenvalue weighted by Crippen LogP contribution is -2.57. The number of carbonyl (C=O) groups is 2. The van der Waals surface area contributed by atoms with Gasteiger partial charge in [-0.2, -0.15) is 0 Å². The Morgan fingerprint density at radius 3 is 2.63 bits per heavy atom. The molecule has 1 saturated heterocycles. The molecule has 2 atom stereocenters. The molecule has 1 saturated carbocycles. The molecule has 1 aromatic carbocycles. The first-order valence-electron chi connectivity index (χ1n) is 11.0. The summed E-state index contributed by atoms with van der Waals surface area (Å²) in [4.78, 5) is 29.6. The number of morpholine rings is 1. The van der Waals surface area contributed by atoms with Gasteiger partial charge in [-0.3, -0.25) is 9.59 Å². The normalized spacial score (nSPS) is 22.7. The highest BCUT2D eigenvalue weighted by molar-refractivity contribution is 5.98. The molecule has 2 amide bonds. The van der Waals surface area contributed by atoms with Gasteiger partial charge in [-0.15, -0.1) is 0 Å². The van der Waals surface area contributed by atoms with Crippen LogP contribution in [0.25, 0.3) is 6.08 Å². The summed E-state index contributed by atoms with van der Waals surface area (Å²) in [5.41, 5.74) is 0.692. The van der Waals surface area contributed by atoms with Gasteiger partial charge in [0.1, 0.15) is 18.5 Å². The number of nitrogens with zero attached hydrogens (tertiary/aromatic N) is 2. The van der Waals surface area contributed by atoms with Gasteiger partial charge in [-0.05, 0) is 56.1 Å². The van der Waals surface area contributed by atoms with Gasteiger partial charge >= 0.3 is 0 Å². The number of carbonyl (C=O) groups excluding carboxylic acids is 2. The predicted molar refractivity (Wildman–Crippen MR) is 114 cm³/mol. The van der Waals surface area contributed by atoms with Crippen LogP contribution in [0.5, 0.6) is 0 Å². The minimum absolute atomic E-state index is 0.0301. The van der Waals surface area contributed by atoms with Crippen LogP contribution < -0.4 is 5.32 Å². The molecule has 0 radical (unpaired) electrons. The van der Waals surface area contributed by atoms with Crippen LogP contribution in [0.4, 0.5) is 4.39 Å². The maximum absolute atomic E-state index is 13.2. The molecule has 1 aromatic rings. The predicted octanol–water partition coefficient (Wildman–Crippen LogP) is 2.79. The molecule has 6 nitrogen and oxygen atoms in total. The van der Waals surface area contributed by atoms with Gasteiger partial charge in [-0.1, -0.05) is 32.4 Å². The summed E-state index contributed by atoms with van der Waals surface area (Å²) in [6.07, 6.45) is 5.30. The molecule has 7 heteroatoms. The van der Waals surface area contributed by atoms with E-state index in [9.17, 15) is 14.0 Å². The van der Waals surface area contributed by atoms with Gasteiger partial charge in [0.2, 0.25) is 5.91 Å². The van der Waals surface area contributed by atoms with Gasteiger partial charge in [0.25, 0.3) is 5.91 Å². The zero-order valence-corrected chi connectivity index (χ0v) is 17.9. The van der Waals surface area contributed by atoms with E-state index < -0.39 is 0 Å². The average Bonchev–Trinajstić information content (AvgIpc) is 2.75. The van der Waals surface area contributed by atoms with E-state index in [0.717, 1.165) is 45.3 Å². The molecule has 30 heavy (non-hydrogen) atoms. The van der Waals surface area contributed by atoms with Gasteiger partial charge < -0.3 is 19.9 Å². The van der Waals surface area contributed by atoms with E-state index in [1.54, 1.807) is 23.1 Å². The lowest BCUT2D eigenvalue weighted by molar-refractivity contribution is -0.151. The Morgan fingerprint density at radius 1 is 1.23 bits per heavy atom. The van der Waals surface area contributed by atoms with Crippen molar-refractivity contribution in [3.8, 4) is 0 Å². The third-order valence-corrected chi connectivity index (χ3v) is 5.94. The van der Waals surface area contributed by atoms with E-state index in [0.29, 0.717) is 12.1 Å². The number of ether oxygens (including phenoxy) is 1. The summed E-state index contributed by atoms with van der Waals surface area (Å²) in [6.45, 7) is 7.45. The maximum atomic E-state index is 13.2. The number of fused-ring (bicyclic) bond motifs is 1. The lowest BCUT2D eigenvalue weighted by Gasteiger charge is -2.44. The Balaban J connectivity index is 1.69. The van der Waals surface area contributed by atoms with Crippen LogP contribution >= 0.6 is 0 Å². The van der Waals surface area contributed by atoms with Crippen molar-refractivity contribution < 1.29 is 18.7 Å². The third kappa shape index (κ3) is 5.59. The first kappa shape index (κ1) is 22.3. The largest absolute Gasteiger partial charge is 0.482 e. The second-order valence-electron chi connectivity index (χ2n) is 7.88. The number of rotatable bonds is 8. The van der Waals surface area contributed by atoms with Gasteiger partial charge in [0.05, 0.1) is 6.04 Å². The van der Waals surface area contributed by atoms with Crippen LogP contribution in [-0.4, -0.2) is 66.5 Å². The summed E-state index contributed by atoms with van der Waals surface area (Å²) >= 11 is 0. The van der Waals surface area contributed by atoms with E-state index in [-0.39, 0.29) is 42.1 Å². The molecule has 0 bridgehead atoms. The van der Waals surface area contributed by atoms with Gasteiger partial charge in [0, 0.05) is 13.1 Å². The summed E-state index contributed by atoms with van der Waals surface area (Å²) in [6, 6.07) is 5.84. The van der Waals surface area contributed by atoms with Crippen LogP contribution in [0.3, 0.4) is 0 Å². The van der Waals surface area contributed by atoms with Crippen LogP contribution in [0.2, 0.25) is 0 Å². The number of likely N-dealkylation sites (N-methyl/N-ethyl adjacent to an activating group) is 1. The molecule has 2 unspecified atom stereocenters. The Morgan fingerprint density at radius 2 is 1.93 bits per heavy atom. The highest BCUT2D eigenvalue weighted by Crippen LogP contribution is 2.33. The van der Waals surface area contributed by atoms with Gasteiger partial charge in [-0.25, -0.2) is 4.39 Å². The maximum Gasteiger partial charge on any atom is 0.289 e. The van der Waals surface area contributed by atoms with Crippen molar-refractivity contribution in [1.82, 2.24) is 15.1 Å². The molecule has 164 valence electrons. The molecule has 3 rings (SSSR count). The van der Waals surface area contributed by atoms with E-state index in [1.165, 1.54) is 12.1 Å². The molecular formula is C23H32FN3O3. The SMILES string of the molecule is CCN(CC)CCNC(=O)CN1C(=O)/C(=C\c2ccc(F)cc2)OC2CCCCC21. The highest BCUT2D eigenvalue weighted by atomic mass is 19.1. The Hall–Kier alpha value is -2.41. The molecule has 2 fully saturated rings. The Bertz CT molecular complexity index is 761. The fourth-order valence-corrected chi connectivity index (χ4v) is 4.18. The fraction of sp³-hybridized carbons (Fsp3) is 0.565. The van der Waals surface area contributed by atoms with Crippen molar-refractivity contribution >= 4 is 17.9 Å². The number of hydrogen-bond acceptors (Lipinski definition) is 4. The molecule has 1 aliphatic carbocycles. The first-order chi connectivity index (χ1) is 14.5. The lowest BCUT2D eigenvalue weighted by atomic mass is 9.89. The second-order valence-corrected chi connectivity index (χ2v) is 7.88. The van der Waals surface area contributed by atoms with Crippen LogP contribution in [0.1, 0.15) is 45.1 Å². The molecule has 1 aliphatic heterocycles. The molecule has 2 aliphatic rings. The standard InChI is InChI=1S/C23H32FN3O3/c1-3-26(4-2)14-13-25-22(28)16-27-19-7-5-6-8-20(19)30-21(23(27)29)15-17-9-11-18(24)12-10-17/h9-12,15,19-20H,3-8,13-14,16H2,1-2H3,(H,25,28)/b21-15+. The van der Waals surface area contributed by atoms with Crippen molar-refractivity contribution in [1.29, 1.82) is 0 Å². The summed E-state index contributed by atoms with van der Waals surface area (Å²) in [5.74, 6) is -0.534. The summed E-state index contributed by atoms with van der Waals surface area (Å²) in [5, 5.41) is 2.94. The number of hydrogen-bond donors (Lipinski definition) is 1. The van der Waals surface area contributed by atoms with E-state index in [2.05, 4.69) is 24.1 Å². The molecule has 0 spiro atoms. The van der Waals surface area contributed by atoms with Crippen LogP contribution in [0.15, 0.2) is 30.0 Å².